The molecule has 0 atom stereocenters. The van der Waals surface area contributed by atoms with Crippen molar-refractivity contribution in [1.29, 1.82) is 0 Å². The van der Waals surface area contributed by atoms with Gasteiger partial charge in [-0.1, -0.05) is 0 Å². The van der Waals surface area contributed by atoms with E-state index in [2.05, 4.69) is 15.3 Å². The molecule has 2 aromatic heterocycles. The lowest BCUT2D eigenvalue weighted by Crippen LogP contribution is -2.14. The van der Waals surface area contributed by atoms with Crippen LogP contribution in [0.5, 0.6) is 11.6 Å². The zero-order valence-electron chi connectivity index (χ0n) is 15.4. The van der Waals surface area contributed by atoms with E-state index in [0.717, 1.165) is 6.07 Å². The summed E-state index contributed by atoms with van der Waals surface area (Å²) in [7, 11) is 2.99. The average molecular weight is 401 g/mol. The molecule has 2 heterocycles. The summed E-state index contributed by atoms with van der Waals surface area (Å²) in [5.41, 5.74) is 0.810. The number of rotatable bonds is 5. The van der Waals surface area contributed by atoms with Crippen LogP contribution in [-0.4, -0.2) is 30.9 Å². The molecule has 0 aliphatic heterocycles. The molecule has 1 N–H and O–H groups in total. The third-order valence-electron chi connectivity index (χ3n) is 3.96. The number of anilines is 2. The van der Waals surface area contributed by atoms with E-state index in [0.29, 0.717) is 17.0 Å². The quantitative estimate of drug-likeness (QED) is 0.524. The fourth-order valence-electron chi connectivity index (χ4n) is 2.54. The Morgan fingerprint density at radius 3 is 2.48 bits per heavy atom. The normalized spacial score (nSPS) is 11.0. The Morgan fingerprint density at radius 2 is 1.79 bits per heavy atom. The van der Waals surface area contributed by atoms with Gasteiger partial charge in [0.15, 0.2) is 7.85 Å². The minimum absolute atomic E-state index is 0.00283. The number of esters is 1. The number of aromatic nitrogens is 2. The average Bonchev–Trinajstić information content (AvgIpc) is 2.69. The molecule has 0 bridgehead atoms. The first-order chi connectivity index (χ1) is 13.8. The van der Waals surface area contributed by atoms with Crippen LogP contribution in [-0.2, 0) is 10.9 Å². The Kier molecular flexibility index (Phi) is 5.72. The van der Waals surface area contributed by atoms with Gasteiger partial charge < -0.3 is 14.8 Å². The van der Waals surface area contributed by atoms with Crippen LogP contribution in [0, 0.1) is 0 Å². The van der Waals surface area contributed by atoms with E-state index >= 15 is 0 Å². The van der Waals surface area contributed by atoms with E-state index in [-0.39, 0.29) is 11.3 Å². The van der Waals surface area contributed by atoms with Crippen LogP contribution in [0.2, 0.25) is 0 Å². The lowest BCUT2D eigenvalue weighted by molar-refractivity contribution is -0.138. The minimum Gasteiger partial charge on any atom is -0.465 e. The van der Waals surface area contributed by atoms with E-state index < -0.39 is 23.6 Å². The van der Waals surface area contributed by atoms with Gasteiger partial charge in [-0.3, -0.25) is 4.98 Å². The molecule has 0 amide bonds. The Balaban J connectivity index is 1.97. The number of hydrogen-bond donors (Lipinski definition) is 1. The molecular formula is C19H15BF3N3O3. The van der Waals surface area contributed by atoms with Crippen LogP contribution < -0.4 is 15.6 Å². The monoisotopic (exact) mass is 401 g/mol. The molecule has 0 aliphatic rings. The molecule has 3 rings (SSSR count). The molecule has 0 unspecified atom stereocenters. The third kappa shape index (κ3) is 4.65. The van der Waals surface area contributed by atoms with Gasteiger partial charge in [0, 0.05) is 23.7 Å². The van der Waals surface area contributed by atoms with E-state index in [1.54, 1.807) is 26.2 Å². The van der Waals surface area contributed by atoms with Crippen molar-refractivity contribution in [3.63, 3.8) is 0 Å². The van der Waals surface area contributed by atoms with Gasteiger partial charge >= 0.3 is 12.1 Å². The van der Waals surface area contributed by atoms with Crippen LogP contribution in [0.1, 0.15) is 15.9 Å². The van der Waals surface area contributed by atoms with Gasteiger partial charge in [0.05, 0.1) is 18.4 Å². The molecule has 0 fully saturated rings. The number of benzene rings is 1. The molecule has 0 spiro atoms. The standard InChI is InChI=1S/C19H15BF3N3O3/c1-28-18(27)12-10-11(29-17-13(19(21,22)23)4-2-9-25-17)6-7-14(12)26-15-5-3-8-24-16(15)20/h2-10,26H,20H2,1H3. The molecular weight excluding hydrogens is 386 g/mol. The predicted octanol–water partition coefficient (Wildman–Crippen LogP) is 3.08. The summed E-state index contributed by atoms with van der Waals surface area (Å²) >= 11 is 0. The number of hydrogen-bond acceptors (Lipinski definition) is 6. The Hall–Kier alpha value is -3.56. The second kappa shape index (κ2) is 8.21. The zero-order valence-corrected chi connectivity index (χ0v) is 15.4. The van der Waals surface area contributed by atoms with Crippen LogP contribution in [0.4, 0.5) is 24.5 Å². The lowest BCUT2D eigenvalue weighted by Gasteiger charge is -2.15. The first-order valence-corrected chi connectivity index (χ1v) is 8.40. The van der Waals surface area contributed by atoms with E-state index in [9.17, 15) is 18.0 Å². The maximum atomic E-state index is 13.1. The first kappa shape index (κ1) is 20.2. The van der Waals surface area contributed by atoms with Gasteiger partial charge in [0.25, 0.3) is 0 Å². The van der Waals surface area contributed by atoms with Crippen LogP contribution >= 0.6 is 0 Å². The van der Waals surface area contributed by atoms with Crippen molar-refractivity contribution < 1.29 is 27.4 Å². The number of pyridine rings is 2. The molecule has 148 valence electrons. The summed E-state index contributed by atoms with van der Waals surface area (Å²) in [6.45, 7) is 0. The summed E-state index contributed by atoms with van der Waals surface area (Å²) in [4.78, 5) is 20.0. The number of ether oxygens (including phenoxy) is 2. The Labute approximate surface area is 165 Å². The number of nitrogens with one attached hydrogen (secondary N) is 1. The molecule has 3 aromatic rings. The van der Waals surface area contributed by atoms with Gasteiger partial charge in [-0.25, -0.2) is 9.78 Å². The molecule has 6 nitrogen and oxygen atoms in total. The van der Waals surface area contributed by atoms with E-state index in [1.165, 1.54) is 37.6 Å². The third-order valence-corrected chi connectivity index (χ3v) is 3.96. The van der Waals surface area contributed by atoms with Crippen molar-refractivity contribution in [1.82, 2.24) is 9.97 Å². The summed E-state index contributed by atoms with van der Waals surface area (Å²) < 4.78 is 49.5. The summed E-state index contributed by atoms with van der Waals surface area (Å²) in [6, 6.07) is 9.75. The lowest BCUT2D eigenvalue weighted by atomic mass is 10.0. The minimum atomic E-state index is -4.63. The molecule has 29 heavy (non-hydrogen) atoms. The smallest absolute Gasteiger partial charge is 0.421 e. The van der Waals surface area contributed by atoms with Gasteiger partial charge in [-0.05, 0) is 42.5 Å². The largest absolute Gasteiger partial charge is 0.465 e. The van der Waals surface area contributed by atoms with Gasteiger partial charge in [0.1, 0.15) is 11.3 Å². The van der Waals surface area contributed by atoms with Crippen LogP contribution in [0.25, 0.3) is 0 Å². The summed E-state index contributed by atoms with van der Waals surface area (Å²) in [5, 5.41) is 3.07. The molecule has 0 aliphatic carbocycles. The summed E-state index contributed by atoms with van der Waals surface area (Å²) in [5.74, 6) is -1.29. The van der Waals surface area contributed by atoms with Gasteiger partial charge in [-0.2, -0.15) is 13.2 Å². The fraction of sp³-hybridized carbons (Fsp3) is 0.105. The highest BCUT2D eigenvalue weighted by Gasteiger charge is 2.35. The highest BCUT2D eigenvalue weighted by atomic mass is 19.4. The topological polar surface area (TPSA) is 73.3 Å². The number of carbonyl (C=O) groups is 1. The second-order valence-electron chi connectivity index (χ2n) is 5.92. The Morgan fingerprint density at radius 1 is 1.07 bits per heavy atom. The Bertz CT molecular complexity index is 1040. The van der Waals surface area contributed by atoms with Crippen molar-refractivity contribution in [2.75, 3.05) is 12.4 Å². The van der Waals surface area contributed by atoms with E-state index in [1.807, 2.05) is 0 Å². The van der Waals surface area contributed by atoms with Crippen LogP contribution in [0.3, 0.4) is 0 Å². The van der Waals surface area contributed by atoms with Crippen molar-refractivity contribution >= 4 is 30.8 Å². The number of alkyl halides is 3. The molecule has 0 saturated carbocycles. The van der Waals surface area contributed by atoms with Crippen molar-refractivity contribution in [3.8, 4) is 11.6 Å². The first-order valence-electron chi connectivity index (χ1n) is 8.40. The zero-order chi connectivity index (χ0) is 21.0. The van der Waals surface area contributed by atoms with E-state index in [4.69, 9.17) is 9.47 Å². The molecule has 10 heteroatoms. The molecule has 0 saturated heterocycles. The number of methoxy groups -OCH3 is 1. The maximum Gasteiger partial charge on any atom is 0.421 e. The number of halogens is 3. The SMILES string of the molecule is Bc1ncccc1Nc1ccc(Oc2ncccc2C(F)(F)F)cc1C(=O)OC. The van der Waals surface area contributed by atoms with Crippen molar-refractivity contribution in [2.24, 2.45) is 0 Å². The fourth-order valence-corrected chi connectivity index (χ4v) is 2.54. The molecule has 1 aromatic carbocycles. The van der Waals surface area contributed by atoms with Crippen molar-refractivity contribution in [2.45, 2.75) is 6.18 Å². The predicted molar refractivity (Wildman–Crippen MR) is 103 cm³/mol. The second-order valence-corrected chi connectivity index (χ2v) is 5.92. The number of carbonyl (C=O) groups excluding carboxylic acids is 1. The highest BCUT2D eigenvalue weighted by Crippen LogP contribution is 2.37. The number of nitrogens with zero attached hydrogens (tertiary/aromatic N) is 2. The van der Waals surface area contributed by atoms with Crippen molar-refractivity contribution in [3.05, 3.63) is 66.0 Å². The van der Waals surface area contributed by atoms with Gasteiger partial charge in [0.2, 0.25) is 5.88 Å². The summed E-state index contributed by atoms with van der Waals surface area (Å²) in [6.07, 6.45) is -1.81. The highest BCUT2D eigenvalue weighted by molar-refractivity contribution is 6.34. The maximum absolute atomic E-state index is 13.1. The van der Waals surface area contributed by atoms with Crippen LogP contribution in [0.15, 0.2) is 54.9 Å². The molecule has 0 radical (unpaired) electrons. The van der Waals surface area contributed by atoms with Gasteiger partial charge in [-0.15, -0.1) is 0 Å².